The molecule has 2 heterocycles. The maximum Gasteiger partial charge on any atom is 0.0954 e. The smallest absolute Gasteiger partial charge is 0.0954 e. The average molecular weight is 343 g/mol. The van der Waals surface area contributed by atoms with Gasteiger partial charge in [0.25, 0.3) is 0 Å². The Morgan fingerprint density at radius 1 is 1.14 bits per heavy atom. The maximum absolute atomic E-state index is 6.02. The topological polar surface area (TPSA) is 63.8 Å². The van der Waals surface area contributed by atoms with Crippen molar-refractivity contribution in [3.05, 3.63) is 59.0 Å². The Bertz CT molecular complexity index is 759. The fourth-order valence-corrected chi connectivity index (χ4v) is 2.58. The van der Waals surface area contributed by atoms with E-state index in [2.05, 4.69) is 31.2 Å². The number of anilines is 2. The highest BCUT2D eigenvalue weighted by atomic mass is 79.9. The standard InChI is InChI=1S/C16H15BrN4/c17-12-9-13-14(18)1-2-15(16(13)21-10-12)20-8-5-11-3-6-19-7-4-11/h1-4,6-7,9-10,20H,5,8,18H2. The van der Waals surface area contributed by atoms with Gasteiger partial charge in [-0.25, -0.2) is 0 Å². The first kappa shape index (κ1) is 13.8. The van der Waals surface area contributed by atoms with Crippen molar-refractivity contribution in [3.8, 4) is 0 Å². The summed E-state index contributed by atoms with van der Waals surface area (Å²) >= 11 is 3.43. The Balaban J connectivity index is 1.80. The minimum Gasteiger partial charge on any atom is -0.398 e. The van der Waals surface area contributed by atoms with E-state index < -0.39 is 0 Å². The minimum atomic E-state index is 0.735. The molecule has 2 aromatic heterocycles. The number of nitrogens with zero attached hydrogens (tertiary/aromatic N) is 2. The highest BCUT2D eigenvalue weighted by Crippen LogP contribution is 2.28. The van der Waals surface area contributed by atoms with Gasteiger partial charge in [0.2, 0.25) is 0 Å². The van der Waals surface area contributed by atoms with Crippen molar-refractivity contribution in [2.75, 3.05) is 17.6 Å². The van der Waals surface area contributed by atoms with E-state index in [1.54, 1.807) is 6.20 Å². The first-order chi connectivity index (χ1) is 10.2. The van der Waals surface area contributed by atoms with Gasteiger partial charge in [0.05, 0.1) is 11.2 Å². The molecule has 106 valence electrons. The van der Waals surface area contributed by atoms with E-state index in [0.717, 1.165) is 39.7 Å². The second-order valence-electron chi connectivity index (χ2n) is 4.78. The van der Waals surface area contributed by atoms with E-state index in [1.807, 2.05) is 42.7 Å². The van der Waals surface area contributed by atoms with Gasteiger partial charge in [-0.15, -0.1) is 0 Å². The van der Waals surface area contributed by atoms with Gasteiger partial charge in [0.1, 0.15) is 0 Å². The number of halogens is 1. The summed E-state index contributed by atoms with van der Waals surface area (Å²) in [6.45, 7) is 0.834. The van der Waals surface area contributed by atoms with Gasteiger partial charge in [0, 0.05) is 40.7 Å². The zero-order valence-electron chi connectivity index (χ0n) is 11.4. The van der Waals surface area contributed by atoms with Crippen molar-refractivity contribution in [1.29, 1.82) is 0 Å². The van der Waals surface area contributed by atoms with Crippen LogP contribution in [0.4, 0.5) is 11.4 Å². The molecule has 4 nitrogen and oxygen atoms in total. The lowest BCUT2D eigenvalue weighted by Crippen LogP contribution is -2.06. The van der Waals surface area contributed by atoms with Gasteiger partial charge < -0.3 is 11.1 Å². The molecule has 3 rings (SSSR count). The van der Waals surface area contributed by atoms with Gasteiger partial charge in [-0.3, -0.25) is 9.97 Å². The lowest BCUT2D eigenvalue weighted by atomic mass is 10.1. The van der Waals surface area contributed by atoms with Crippen LogP contribution in [0.15, 0.2) is 53.4 Å². The summed E-state index contributed by atoms with van der Waals surface area (Å²) in [5.41, 5.74) is 9.91. The number of aromatic nitrogens is 2. The van der Waals surface area contributed by atoms with E-state index >= 15 is 0 Å². The summed E-state index contributed by atoms with van der Waals surface area (Å²) in [7, 11) is 0. The van der Waals surface area contributed by atoms with Crippen molar-refractivity contribution in [3.63, 3.8) is 0 Å². The van der Waals surface area contributed by atoms with Gasteiger partial charge in [-0.2, -0.15) is 0 Å². The molecule has 1 aromatic carbocycles. The lowest BCUT2D eigenvalue weighted by Gasteiger charge is -2.11. The fourth-order valence-electron chi connectivity index (χ4n) is 2.25. The maximum atomic E-state index is 6.02. The summed E-state index contributed by atoms with van der Waals surface area (Å²) in [4.78, 5) is 8.49. The first-order valence-electron chi connectivity index (χ1n) is 6.70. The SMILES string of the molecule is Nc1ccc(NCCc2ccncc2)c2ncc(Br)cc12. The number of nitrogens with two attached hydrogens (primary N) is 1. The van der Waals surface area contributed by atoms with Crippen molar-refractivity contribution < 1.29 is 0 Å². The number of rotatable bonds is 4. The van der Waals surface area contributed by atoms with E-state index in [9.17, 15) is 0 Å². The summed E-state index contributed by atoms with van der Waals surface area (Å²) in [5, 5.41) is 4.39. The van der Waals surface area contributed by atoms with Crippen LogP contribution < -0.4 is 11.1 Å². The molecule has 0 spiro atoms. The molecule has 21 heavy (non-hydrogen) atoms. The molecular weight excluding hydrogens is 328 g/mol. The molecule has 0 aliphatic rings. The number of benzene rings is 1. The summed E-state index contributed by atoms with van der Waals surface area (Å²) in [6, 6.07) is 9.93. The minimum absolute atomic E-state index is 0.735. The van der Waals surface area contributed by atoms with Crippen molar-refractivity contribution in [2.45, 2.75) is 6.42 Å². The molecular formula is C16H15BrN4. The Morgan fingerprint density at radius 3 is 2.76 bits per heavy atom. The molecule has 0 fully saturated rings. The van der Waals surface area contributed by atoms with Crippen LogP contribution in [0, 0.1) is 0 Å². The van der Waals surface area contributed by atoms with Crippen molar-refractivity contribution >= 4 is 38.2 Å². The molecule has 0 aliphatic carbocycles. The van der Waals surface area contributed by atoms with E-state index in [-0.39, 0.29) is 0 Å². The molecule has 0 amide bonds. The highest BCUT2D eigenvalue weighted by molar-refractivity contribution is 9.10. The van der Waals surface area contributed by atoms with E-state index in [0.29, 0.717) is 0 Å². The third-order valence-corrected chi connectivity index (χ3v) is 3.76. The molecule has 5 heteroatoms. The van der Waals surface area contributed by atoms with Crippen molar-refractivity contribution in [1.82, 2.24) is 9.97 Å². The predicted octanol–water partition coefficient (Wildman–Crippen LogP) is 3.63. The van der Waals surface area contributed by atoms with Gasteiger partial charge in [-0.1, -0.05) is 0 Å². The molecule has 0 radical (unpaired) electrons. The zero-order chi connectivity index (χ0) is 14.7. The summed E-state index contributed by atoms with van der Waals surface area (Å²) in [5.74, 6) is 0. The van der Waals surface area contributed by atoms with Crippen LogP contribution in [0.2, 0.25) is 0 Å². The Labute approximate surface area is 131 Å². The van der Waals surface area contributed by atoms with Crippen LogP contribution in [0.3, 0.4) is 0 Å². The van der Waals surface area contributed by atoms with E-state index in [4.69, 9.17) is 5.73 Å². The largest absolute Gasteiger partial charge is 0.398 e. The quantitative estimate of drug-likeness (QED) is 0.710. The number of nitrogen functional groups attached to an aromatic ring is 1. The molecule has 0 atom stereocenters. The van der Waals surface area contributed by atoms with E-state index in [1.165, 1.54) is 5.56 Å². The van der Waals surface area contributed by atoms with Crippen LogP contribution in [0.5, 0.6) is 0 Å². The average Bonchev–Trinajstić information content (AvgIpc) is 2.51. The Kier molecular flexibility index (Phi) is 4.01. The third-order valence-electron chi connectivity index (χ3n) is 3.33. The molecule has 3 N–H and O–H groups in total. The first-order valence-corrected chi connectivity index (χ1v) is 7.50. The Hall–Kier alpha value is -2.14. The normalized spacial score (nSPS) is 10.7. The second kappa shape index (κ2) is 6.10. The Morgan fingerprint density at radius 2 is 1.95 bits per heavy atom. The van der Waals surface area contributed by atoms with Gasteiger partial charge in [0.15, 0.2) is 0 Å². The van der Waals surface area contributed by atoms with Crippen LogP contribution in [-0.4, -0.2) is 16.5 Å². The summed E-state index contributed by atoms with van der Waals surface area (Å²) in [6.07, 6.45) is 6.35. The number of hydrogen-bond donors (Lipinski definition) is 2. The molecule has 0 aliphatic heterocycles. The number of hydrogen-bond acceptors (Lipinski definition) is 4. The van der Waals surface area contributed by atoms with Crippen LogP contribution in [-0.2, 0) is 6.42 Å². The predicted molar refractivity (Wildman–Crippen MR) is 90.3 cm³/mol. The van der Waals surface area contributed by atoms with Gasteiger partial charge in [-0.05, 0) is 58.2 Å². The second-order valence-corrected chi connectivity index (χ2v) is 5.70. The molecule has 0 saturated carbocycles. The monoisotopic (exact) mass is 342 g/mol. The number of pyridine rings is 2. The molecule has 3 aromatic rings. The number of fused-ring (bicyclic) bond motifs is 1. The van der Waals surface area contributed by atoms with Crippen molar-refractivity contribution in [2.24, 2.45) is 0 Å². The van der Waals surface area contributed by atoms with Gasteiger partial charge >= 0.3 is 0 Å². The zero-order valence-corrected chi connectivity index (χ0v) is 13.0. The molecule has 0 bridgehead atoms. The molecule has 0 unspecified atom stereocenters. The highest BCUT2D eigenvalue weighted by Gasteiger charge is 2.06. The van der Waals surface area contributed by atoms with Crippen LogP contribution in [0.25, 0.3) is 10.9 Å². The summed E-state index contributed by atoms with van der Waals surface area (Å²) < 4.78 is 0.927. The van der Waals surface area contributed by atoms with Crippen LogP contribution in [0.1, 0.15) is 5.56 Å². The third kappa shape index (κ3) is 3.13. The van der Waals surface area contributed by atoms with Crippen LogP contribution >= 0.6 is 15.9 Å². The lowest BCUT2D eigenvalue weighted by molar-refractivity contribution is 1.01. The fraction of sp³-hybridized carbons (Fsp3) is 0.125. The molecule has 0 saturated heterocycles. The number of nitrogens with one attached hydrogen (secondary N) is 1.